The van der Waals surface area contributed by atoms with Crippen molar-refractivity contribution in [1.82, 2.24) is 10.2 Å². The van der Waals surface area contributed by atoms with E-state index in [9.17, 15) is 0 Å². The molecule has 0 amide bonds. The summed E-state index contributed by atoms with van der Waals surface area (Å²) in [6, 6.07) is 0. The van der Waals surface area contributed by atoms with Crippen LogP contribution in [0.3, 0.4) is 0 Å². The summed E-state index contributed by atoms with van der Waals surface area (Å²) in [5.41, 5.74) is 0. The number of hydrogen-bond donors (Lipinski definition) is 2. The van der Waals surface area contributed by atoms with Crippen LogP contribution in [0.5, 0.6) is 0 Å². The zero-order chi connectivity index (χ0) is 9.23. The van der Waals surface area contributed by atoms with E-state index in [4.69, 9.17) is 5.11 Å². The zero-order valence-electron chi connectivity index (χ0n) is 8.34. The average Bonchev–Trinajstić information content (AvgIpc) is 2.05. The predicted octanol–water partition coefficient (Wildman–Crippen LogP) is 0.300. The molecule has 74 valence electrons. The van der Waals surface area contributed by atoms with E-state index in [0.29, 0.717) is 0 Å². The second kappa shape index (κ2) is 8.97. The molecular weight excluding hydrogens is 152 g/mol. The number of aliphatic hydroxyl groups is 1. The Morgan fingerprint density at radius 1 is 1.17 bits per heavy atom. The Hall–Kier alpha value is -0.120. The third-order valence-electron chi connectivity index (χ3n) is 1.95. The van der Waals surface area contributed by atoms with Crippen molar-refractivity contribution in [3.63, 3.8) is 0 Å². The normalized spacial score (nSPS) is 11.0. The van der Waals surface area contributed by atoms with Crippen LogP contribution in [0, 0.1) is 0 Å². The molecule has 0 fully saturated rings. The molecule has 0 rings (SSSR count). The minimum atomic E-state index is 0.271. The van der Waals surface area contributed by atoms with Crippen LogP contribution in [0.25, 0.3) is 0 Å². The first-order valence-corrected chi connectivity index (χ1v) is 4.75. The number of nitrogens with zero attached hydrogens (tertiary/aromatic N) is 1. The van der Waals surface area contributed by atoms with Gasteiger partial charge in [0, 0.05) is 6.54 Å². The van der Waals surface area contributed by atoms with Crippen molar-refractivity contribution >= 4 is 0 Å². The SMILES string of the molecule is CNCCCCCN(C)CCO. The molecule has 0 atom stereocenters. The van der Waals surface area contributed by atoms with Gasteiger partial charge in [0.2, 0.25) is 0 Å². The molecule has 0 unspecified atom stereocenters. The van der Waals surface area contributed by atoms with Crippen LogP contribution >= 0.6 is 0 Å². The lowest BCUT2D eigenvalue weighted by molar-refractivity contribution is 0.219. The highest BCUT2D eigenvalue weighted by atomic mass is 16.3. The number of unbranched alkanes of at least 4 members (excludes halogenated alkanes) is 2. The van der Waals surface area contributed by atoms with Gasteiger partial charge in [-0.2, -0.15) is 0 Å². The molecule has 0 aliphatic carbocycles. The van der Waals surface area contributed by atoms with Crippen LogP contribution in [0.15, 0.2) is 0 Å². The summed E-state index contributed by atoms with van der Waals surface area (Å²) >= 11 is 0. The molecule has 0 radical (unpaired) electrons. The summed E-state index contributed by atoms with van der Waals surface area (Å²) in [7, 11) is 4.03. The summed E-state index contributed by atoms with van der Waals surface area (Å²) in [6.45, 7) is 3.28. The Labute approximate surface area is 75.8 Å². The highest BCUT2D eigenvalue weighted by molar-refractivity contribution is 4.51. The summed E-state index contributed by atoms with van der Waals surface area (Å²) in [5, 5.41) is 11.8. The molecule has 0 bridgehead atoms. The Morgan fingerprint density at radius 2 is 1.92 bits per heavy atom. The number of aliphatic hydroxyl groups excluding tert-OH is 1. The van der Waals surface area contributed by atoms with Gasteiger partial charge in [0.05, 0.1) is 6.61 Å². The molecule has 3 heteroatoms. The first-order valence-electron chi connectivity index (χ1n) is 4.75. The smallest absolute Gasteiger partial charge is 0.0558 e. The standard InChI is InChI=1S/C9H22N2O/c1-10-6-4-3-5-7-11(2)8-9-12/h10,12H,3-9H2,1-2H3. The van der Waals surface area contributed by atoms with Crippen molar-refractivity contribution in [3.8, 4) is 0 Å². The van der Waals surface area contributed by atoms with Crippen LogP contribution in [-0.4, -0.2) is 50.3 Å². The summed E-state index contributed by atoms with van der Waals surface area (Å²) in [4.78, 5) is 2.17. The van der Waals surface area contributed by atoms with E-state index in [1.165, 1.54) is 19.3 Å². The molecule has 12 heavy (non-hydrogen) atoms. The number of hydrogen-bond acceptors (Lipinski definition) is 3. The van der Waals surface area contributed by atoms with E-state index in [-0.39, 0.29) is 6.61 Å². The van der Waals surface area contributed by atoms with Gasteiger partial charge in [-0.1, -0.05) is 6.42 Å². The average molecular weight is 174 g/mol. The molecule has 0 aromatic carbocycles. The summed E-state index contributed by atoms with van der Waals surface area (Å²) in [5.74, 6) is 0. The van der Waals surface area contributed by atoms with Crippen molar-refractivity contribution < 1.29 is 5.11 Å². The fourth-order valence-corrected chi connectivity index (χ4v) is 1.14. The van der Waals surface area contributed by atoms with Crippen molar-refractivity contribution in [2.24, 2.45) is 0 Å². The van der Waals surface area contributed by atoms with E-state index >= 15 is 0 Å². The van der Waals surface area contributed by atoms with Crippen molar-refractivity contribution in [2.45, 2.75) is 19.3 Å². The minimum absolute atomic E-state index is 0.271. The predicted molar refractivity (Wildman–Crippen MR) is 52.4 cm³/mol. The lowest BCUT2D eigenvalue weighted by Gasteiger charge is -2.14. The molecule has 0 spiro atoms. The third kappa shape index (κ3) is 7.98. The fourth-order valence-electron chi connectivity index (χ4n) is 1.14. The van der Waals surface area contributed by atoms with Crippen molar-refractivity contribution in [3.05, 3.63) is 0 Å². The first kappa shape index (κ1) is 11.9. The van der Waals surface area contributed by atoms with Gasteiger partial charge in [0.15, 0.2) is 0 Å². The van der Waals surface area contributed by atoms with Gasteiger partial charge in [-0.25, -0.2) is 0 Å². The lowest BCUT2D eigenvalue weighted by Crippen LogP contribution is -2.23. The minimum Gasteiger partial charge on any atom is -0.395 e. The van der Waals surface area contributed by atoms with Crippen LogP contribution in [0.4, 0.5) is 0 Å². The second-order valence-corrected chi connectivity index (χ2v) is 3.19. The van der Waals surface area contributed by atoms with E-state index in [0.717, 1.165) is 19.6 Å². The van der Waals surface area contributed by atoms with E-state index in [1.54, 1.807) is 0 Å². The monoisotopic (exact) mass is 174 g/mol. The maximum atomic E-state index is 8.63. The second-order valence-electron chi connectivity index (χ2n) is 3.19. The fraction of sp³-hybridized carbons (Fsp3) is 1.00. The molecule has 0 aromatic heterocycles. The maximum Gasteiger partial charge on any atom is 0.0558 e. The van der Waals surface area contributed by atoms with Crippen LogP contribution < -0.4 is 5.32 Å². The Bertz CT molecular complexity index is 88.6. The van der Waals surface area contributed by atoms with Gasteiger partial charge in [-0.3, -0.25) is 0 Å². The molecule has 0 saturated heterocycles. The molecule has 0 aliphatic rings. The number of nitrogens with one attached hydrogen (secondary N) is 1. The van der Waals surface area contributed by atoms with Gasteiger partial charge in [-0.05, 0) is 40.0 Å². The van der Waals surface area contributed by atoms with Gasteiger partial charge < -0.3 is 15.3 Å². The van der Waals surface area contributed by atoms with Crippen LogP contribution in [0.1, 0.15) is 19.3 Å². The van der Waals surface area contributed by atoms with Crippen LogP contribution in [0.2, 0.25) is 0 Å². The maximum absolute atomic E-state index is 8.63. The van der Waals surface area contributed by atoms with Gasteiger partial charge in [0.25, 0.3) is 0 Å². The topological polar surface area (TPSA) is 35.5 Å². The quantitative estimate of drug-likeness (QED) is 0.520. The van der Waals surface area contributed by atoms with E-state index in [1.807, 2.05) is 14.1 Å². The van der Waals surface area contributed by atoms with E-state index in [2.05, 4.69) is 10.2 Å². The molecule has 0 saturated carbocycles. The Balaban J connectivity index is 2.97. The lowest BCUT2D eigenvalue weighted by atomic mass is 10.2. The molecule has 2 N–H and O–H groups in total. The molecular formula is C9H22N2O. The van der Waals surface area contributed by atoms with E-state index < -0.39 is 0 Å². The Morgan fingerprint density at radius 3 is 2.50 bits per heavy atom. The number of rotatable bonds is 8. The highest BCUT2D eigenvalue weighted by Crippen LogP contribution is 1.95. The Kier molecular flexibility index (Phi) is 8.88. The van der Waals surface area contributed by atoms with Gasteiger partial charge in [0.1, 0.15) is 0 Å². The van der Waals surface area contributed by atoms with Crippen molar-refractivity contribution in [1.29, 1.82) is 0 Å². The summed E-state index contributed by atoms with van der Waals surface area (Å²) in [6.07, 6.45) is 3.76. The van der Waals surface area contributed by atoms with Crippen molar-refractivity contribution in [2.75, 3.05) is 40.3 Å². The molecule has 0 heterocycles. The highest BCUT2D eigenvalue weighted by Gasteiger charge is 1.95. The molecule has 0 aliphatic heterocycles. The largest absolute Gasteiger partial charge is 0.395 e. The summed E-state index contributed by atoms with van der Waals surface area (Å²) < 4.78 is 0. The van der Waals surface area contributed by atoms with Gasteiger partial charge >= 0.3 is 0 Å². The van der Waals surface area contributed by atoms with Crippen LogP contribution in [-0.2, 0) is 0 Å². The third-order valence-corrected chi connectivity index (χ3v) is 1.95. The molecule has 3 nitrogen and oxygen atoms in total. The first-order chi connectivity index (χ1) is 5.81. The number of likely N-dealkylation sites (N-methyl/N-ethyl adjacent to an activating group) is 1. The van der Waals surface area contributed by atoms with Gasteiger partial charge in [-0.15, -0.1) is 0 Å². The zero-order valence-corrected chi connectivity index (χ0v) is 8.34. The molecule has 0 aromatic rings.